The Morgan fingerprint density at radius 2 is 1.74 bits per heavy atom. The van der Waals surface area contributed by atoms with Gasteiger partial charge in [-0.1, -0.05) is 30.3 Å². The van der Waals surface area contributed by atoms with E-state index >= 15 is 0 Å². The van der Waals surface area contributed by atoms with Crippen LogP contribution in [-0.4, -0.2) is 62.6 Å². The second-order valence-electron chi connectivity index (χ2n) is 8.00. The van der Waals surface area contributed by atoms with Gasteiger partial charge in [0.1, 0.15) is 5.75 Å². The lowest BCUT2D eigenvalue weighted by Crippen LogP contribution is -2.38. The Balaban J connectivity index is 1.60. The molecule has 31 heavy (non-hydrogen) atoms. The van der Waals surface area contributed by atoms with Crippen LogP contribution in [0, 0.1) is 0 Å². The molecule has 3 amide bonds. The molecule has 0 saturated carbocycles. The third-order valence-corrected chi connectivity index (χ3v) is 5.60. The number of anilines is 1. The number of rotatable bonds is 8. The van der Waals surface area contributed by atoms with Gasteiger partial charge in [-0.05, 0) is 49.7 Å². The Labute approximate surface area is 184 Å². The fraction of sp³-hybridized carbons (Fsp3) is 0.417. The number of amides is 3. The molecule has 0 aromatic heterocycles. The second kappa shape index (κ2) is 10.8. The standard InChI is InChI=1S/C24H32N4O3/c1-27(2)23(29)16-18-10-12-19(13-11-18)26-24(30)25-17-21(28-14-6-7-15-28)20-8-4-5-9-22(20)31-3/h4-5,8-13,21H,6-7,14-17H2,1-3H3,(H2,25,26,30). The largest absolute Gasteiger partial charge is 0.496 e. The molecule has 1 heterocycles. The molecular formula is C24H32N4O3. The molecule has 1 saturated heterocycles. The van der Waals surface area contributed by atoms with Crippen LogP contribution in [-0.2, 0) is 11.2 Å². The van der Waals surface area contributed by atoms with Crippen LogP contribution in [0.15, 0.2) is 48.5 Å². The summed E-state index contributed by atoms with van der Waals surface area (Å²) in [5.74, 6) is 0.882. The summed E-state index contributed by atoms with van der Waals surface area (Å²) < 4.78 is 5.56. The van der Waals surface area contributed by atoms with Crippen LogP contribution in [0.3, 0.4) is 0 Å². The minimum atomic E-state index is -0.254. The highest BCUT2D eigenvalue weighted by Crippen LogP contribution is 2.31. The van der Waals surface area contributed by atoms with Gasteiger partial charge in [0.05, 0.1) is 19.6 Å². The summed E-state index contributed by atoms with van der Waals surface area (Å²) in [6.07, 6.45) is 2.68. The Hall–Kier alpha value is -3.06. The predicted molar refractivity (Wildman–Crippen MR) is 122 cm³/mol. The molecule has 0 spiro atoms. The molecule has 1 aliphatic rings. The van der Waals surface area contributed by atoms with Gasteiger partial charge in [-0.2, -0.15) is 0 Å². The zero-order valence-corrected chi connectivity index (χ0v) is 18.6. The monoisotopic (exact) mass is 424 g/mol. The number of methoxy groups -OCH3 is 1. The topological polar surface area (TPSA) is 73.9 Å². The number of hydrogen-bond acceptors (Lipinski definition) is 4. The molecule has 7 heteroatoms. The minimum absolute atomic E-state index is 0.0442. The van der Waals surface area contributed by atoms with Crippen molar-refractivity contribution in [2.75, 3.05) is 46.2 Å². The first-order valence-corrected chi connectivity index (χ1v) is 10.7. The van der Waals surface area contributed by atoms with Crippen LogP contribution in [0.5, 0.6) is 5.75 Å². The normalized spacial score (nSPS) is 14.7. The molecule has 0 radical (unpaired) electrons. The summed E-state index contributed by atoms with van der Waals surface area (Å²) >= 11 is 0. The Bertz CT molecular complexity index is 877. The number of urea groups is 1. The maximum Gasteiger partial charge on any atom is 0.319 e. The lowest BCUT2D eigenvalue weighted by molar-refractivity contribution is -0.127. The van der Waals surface area contributed by atoms with Gasteiger partial charge in [0.2, 0.25) is 5.91 Å². The van der Waals surface area contributed by atoms with Crippen molar-refractivity contribution in [3.63, 3.8) is 0 Å². The van der Waals surface area contributed by atoms with Gasteiger partial charge in [-0.25, -0.2) is 4.79 Å². The zero-order chi connectivity index (χ0) is 22.2. The summed E-state index contributed by atoms with van der Waals surface area (Å²) in [7, 11) is 5.15. The van der Waals surface area contributed by atoms with E-state index in [1.807, 2.05) is 42.5 Å². The Morgan fingerprint density at radius 1 is 1.06 bits per heavy atom. The number of ether oxygens (including phenoxy) is 1. The van der Waals surface area contributed by atoms with Crippen molar-refractivity contribution in [1.82, 2.24) is 15.1 Å². The SMILES string of the molecule is COc1ccccc1C(CNC(=O)Nc1ccc(CC(=O)N(C)C)cc1)N1CCCC1. The van der Waals surface area contributed by atoms with Crippen LogP contribution >= 0.6 is 0 Å². The number of hydrogen-bond donors (Lipinski definition) is 2. The number of nitrogens with one attached hydrogen (secondary N) is 2. The van der Waals surface area contributed by atoms with Gasteiger partial charge in [-0.15, -0.1) is 0 Å². The van der Waals surface area contributed by atoms with Gasteiger partial charge >= 0.3 is 6.03 Å². The van der Waals surface area contributed by atoms with Gasteiger partial charge < -0.3 is 20.3 Å². The molecule has 1 atom stereocenters. The van der Waals surface area contributed by atoms with Crippen LogP contribution < -0.4 is 15.4 Å². The van der Waals surface area contributed by atoms with Crippen molar-refractivity contribution < 1.29 is 14.3 Å². The molecule has 1 aliphatic heterocycles. The fourth-order valence-electron chi connectivity index (χ4n) is 3.83. The fourth-order valence-corrected chi connectivity index (χ4v) is 3.83. The molecule has 2 aromatic rings. The van der Waals surface area contributed by atoms with Crippen molar-refractivity contribution in [3.8, 4) is 5.75 Å². The maximum absolute atomic E-state index is 12.5. The first kappa shape index (κ1) is 22.6. The summed E-state index contributed by atoms with van der Waals surface area (Å²) in [4.78, 5) is 28.3. The van der Waals surface area contributed by atoms with E-state index in [2.05, 4.69) is 21.6 Å². The number of likely N-dealkylation sites (N-methyl/N-ethyl adjacent to an activating group) is 1. The van der Waals surface area contributed by atoms with E-state index in [9.17, 15) is 9.59 Å². The van der Waals surface area contributed by atoms with Crippen molar-refractivity contribution in [2.24, 2.45) is 0 Å². The summed E-state index contributed by atoms with van der Waals surface area (Å²) in [6.45, 7) is 2.51. The summed E-state index contributed by atoms with van der Waals surface area (Å²) in [5.41, 5.74) is 2.69. The molecular weight excluding hydrogens is 392 g/mol. The Kier molecular flexibility index (Phi) is 7.89. The molecule has 0 aliphatic carbocycles. The minimum Gasteiger partial charge on any atom is -0.496 e. The first-order chi connectivity index (χ1) is 15.0. The van der Waals surface area contributed by atoms with Crippen molar-refractivity contribution in [3.05, 3.63) is 59.7 Å². The van der Waals surface area contributed by atoms with E-state index in [0.717, 1.165) is 30.0 Å². The van der Waals surface area contributed by atoms with E-state index in [0.29, 0.717) is 18.7 Å². The van der Waals surface area contributed by atoms with Crippen molar-refractivity contribution >= 4 is 17.6 Å². The number of nitrogens with zero attached hydrogens (tertiary/aromatic N) is 2. The van der Waals surface area contributed by atoms with Gasteiger partial charge in [0.15, 0.2) is 0 Å². The molecule has 3 rings (SSSR count). The van der Waals surface area contributed by atoms with Crippen molar-refractivity contribution in [2.45, 2.75) is 25.3 Å². The van der Waals surface area contributed by atoms with Gasteiger partial charge in [-0.3, -0.25) is 9.69 Å². The molecule has 2 N–H and O–H groups in total. The third kappa shape index (κ3) is 6.21. The highest BCUT2D eigenvalue weighted by atomic mass is 16.5. The highest BCUT2D eigenvalue weighted by molar-refractivity contribution is 5.89. The lowest BCUT2D eigenvalue weighted by Gasteiger charge is -2.29. The smallest absolute Gasteiger partial charge is 0.319 e. The third-order valence-electron chi connectivity index (χ3n) is 5.60. The lowest BCUT2D eigenvalue weighted by atomic mass is 10.0. The van der Waals surface area contributed by atoms with Crippen LogP contribution in [0.2, 0.25) is 0 Å². The Morgan fingerprint density at radius 3 is 2.39 bits per heavy atom. The van der Waals surface area contributed by atoms with Crippen LogP contribution in [0.1, 0.15) is 30.0 Å². The summed E-state index contributed by atoms with van der Waals surface area (Å²) in [5, 5.41) is 5.89. The first-order valence-electron chi connectivity index (χ1n) is 10.7. The number of para-hydroxylation sites is 1. The van der Waals surface area contributed by atoms with E-state index in [-0.39, 0.29) is 18.0 Å². The predicted octanol–water partition coefficient (Wildman–Crippen LogP) is 3.28. The maximum atomic E-state index is 12.5. The molecule has 0 bridgehead atoms. The zero-order valence-electron chi connectivity index (χ0n) is 18.6. The number of likely N-dealkylation sites (tertiary alicyclic amines) is 1. The molecule has 166 valence electrons. The number of carbonyl (C=O) groups excluding carboxylic acids is 2. The molecule has 7 nitrogen and oxygen atoms in total. The molecule has 2 aromatic carbocycles. The van der Waals surface area contributed by atoms with Crippen LogP contribution in [0.25, 0.3) is 0 Å². The highest BCUT2D eigenvalue weighted by Gasteiger charge is 2.26. The number of benzene rings is 2. The van der Waals surface area contributed by atoms with Crippen molar-refractivity contribution in [1.29, 1.82) is 0 Å². The van der Waals surface area contributed by atoms with Crippen LogP contribution in [0.4, 0.5) is 10.5 Å². The van der Waals surface area contributed by atoms with E-state index in [1.165, 1.54) is 12.8 Å². The molecule has 1 fully saturated rings. The van der Waals surface area contributed by atoms with E-state index < -0.39 is 0 Å². The van der Waals surface area contributed by atoms with Gasteiger partial charge in [0.25, 0.3) is 0 Å². The van der Waals surface area contributed by atoms with E-state index in [1.54, 1.807) is 26.1 Å². The number of carbonyl (C=O) groups is 2. The average Bonchev–Trinajstić information content (AvgIpc) is 3.30. The van der Waals surface area contributed by atoms with E-state index in [4.69, 9.17) is 4.74 Å². The average molecular weight is 425 g/mol. The molecule has 1 unspecified atom stereocenters. The summed E-state index contributed by atoms with van der Waals surface area (Å²) in [6, 6.07) is 15.1. The van der Waals surface area contributed by atoms with Gasteiger partial charge in [0, 0.05) is 31.9 Å². The quantitative estimate of drug-likeness (QED) is 0.682. The second-order valence-corrected chi connectivity index (χ2v) is 8.00.